The van der Waals surface area contributed by atoms with Gasteiger partial charge in [-0.3, -0.25) is 9.36 Å². The van der Waals surface area contributed by atoms with E-state index in [4.69, 9.17) is 0 Å². The molecule has 0 spiro atoms. The predicted molar refractivity (Wildman–Crippen MR) is 113 cm³/mol. The van der Waals surface area contributed by atoms with Gasteiger partial charge in [0.1, 0.15) is 17.8 Å². The second kappa shape index (κ2) is 8.30. The van der Waals surface area contributed by atoms with Crippen LogP contribution in [0.25, 0.3) is 11.0 Å². The Hall–Kier alpha value is -2.94. The van der Waals surface area contributed by atoms with Crippen molar-refractivity contribution >= 4 is 16.9 Å². The number of nitrogens with one attached hydrogen (secondary N) is 2. The van der Waals surface area contributed by atoms with Crippen LogP contribution in [0.15, 0.2) is 41.5 Å². The number of rotatable bonds is 4. The maximum atomic E-state index is 13.1. The Labute approximate surface area is 177 Å². The minimum absolute atomic E-state index is 0.0863. The third-order valence-corrected chi connectivity index (χ3v) is 5.84. The molecule has 0 radical (unpaired) electrons. The van der Waals surface area contributed by atoms with E-state index in [2.05, 4.69) is 20.6 Å². The number of piperidine rings is 1. The Morgan fingerprint density at radius 1 is 1.26 bits per heavy atom. The minimum atomic E-state index is -4.40. The molecule has 1 saturated heterocycles. The molecule has 2 aromatic heterocycles. The summed E-state index contributed by atoms with van der Waals surface area (Å²) in [6.45, 7) is 3.45. The summed E-state index contributed by atoms with van der Waals surface area (Å²) in [6, 6.07) is 6.62. The van der Waals surface area contributed by atoms with Crippen LogP contribution in [0.5, 0.6) is 0 Å². The van der Waals surface area contributed by atoms with Gasteiger partial charge in [0.05, 0.1) is 10.9 Å². The molecule has 0 aliphatic carbocycles. The Bertz CT molecular complexity index is 1150. The summed E-state index contributed by atoms with van der Waals surface area (Å²) in [5.41, 5.74) is 0.888. The summed E-state index contributed by atoms with van der Waals surface area (Å²) in [6.07, 6.45) is -1.14. The Morgan fingerprint density at radius 2 is 2.06 bits per heavy atom. The molecule has 164 valence electrons. The molecular formula is C22H24F3N5O. The summed E-state index contributed by atoms with van der Waals surface area (Å²) in [5.74, 6) is 0.585. The van der Waals surface area contributed by atoms with Gasteiger partial charge >= 0.3 is 6.18 Å². The van der Waals surface area contributed by atoms with E-state index in [1.165, 1.54) is 17.0 Å². The fourth-order valence-corrected chi connectivity index (χ4v) is 4.09. The summed E-state index contributed by atoms with van der Waals surface area (Å²) < 4.78 is 40.8. The van der Waals surface area contributed by atoms with Crippen molar-refractivity contribution in [2.75, 3.05) is 18.4 Å². The summed E-state index contributed by atoms with van der Waals surface area (Å²) in [5, 5.41) is 7.20. The van der Waals surface area contributed by atoms with Crippen LogP contribution in [0, 0.1) is 0 Å². The maximum Gasteiger partial charge on any atom is 0.416 e. The number of fused-ring (bicyclic) bond motifs is 1. The van der Waals surface area contributed by atoms with Gasteiger partial charge in [-0.25, -0.2) is 9.97 Å². The molecule has 1 aromatic carbocycles. The van der Waals surface area contributed by atoms with Crippen LogP contribution in [-0.4, -0.2) is 27.6 Å². The highest BCUT2D eigenvalue weighted by molar-refractivity contribution is 5.87. The standard InChI is InChI=1S/C22H24F3N5O/c1-13(14-5-3-7-16(9-14)22(23,24)25)29-19-18-10-17(15-6-4-8-26-11-15)21(31)30(2)20(18)28-12-27-19/h3,5,7,9-10,12-13,15,26H,4,6,8,11H2,1-2H3,(H,27,28,29)/t13-,15-/m1/s1. The number of pyridine rings is 1. The fourth-order valence-electron chi connectivity index (χ4n) is 4.09. The van der Waals surface area contributed by atoms with Gasteiger partial charge in [0.15, 0.2) is 0 Å². The first-order chi connectivity index (χ1) is 14.8. The second-order valence-electron chi connectivity index (χ2n) is 7.96. The van der Waals surface area contributed by atoms with Crippen molar-refractivity contribution < 1.29 is 13.2 Å². The number of hydrogen-bond donors (Lipinski definition) is 2. The summed E-state index contributed by atoms with van der Waals surface area (Å²) >= 11 is 0. The van der Waals surface area contributed by atoms with Gasteiger partial charge in [-0.05, 0) is 50.1 Å². The first-order valence-electron chi connectivity index (χ1n) is 10.2. The molecule has 3 aromatic rings. The molecule has 0 amide bonds. The molecule has 0 unspecified atom stereocenters. The molecule has 6 nitrogen and oxygen atoms in total. The molecule has 2 atom stereocenters. The Morgan fingerprint density at radius 3 is 2.77 bits per heavy atom. The number of nitrogens with zero attached hydrogens (tertiary/aromatic N) is 3. The van der Waals surface area contributed by atoms with Crippen LogP contribution in [0.4, 0.5) is 19.0 Å². The second-order valence-corrected chi connectivity index (χ2v) is 7.96. The fraction of sp³-hybridized carbons (Fsp3) is 0.409. The smallest absolute Gasteiger partial charge is 0.363 e. The number of aromatic nitrogens is 3. The topological polar surface area (TPSA) is 71.8 Å². The lowest BCUT2D eigenvalue weighted by Crippen LogP contribution is -2.33. The van der Waals surface area contributed by atoms with Gasteiger partial charge in [0.25, 0.3) is 5.56 Å². The molecule has 0 bridgehead atoms. The zero-order valence-electron chi connectivity index (χ0n) is 17.3. The molecule has 3 heterocycles. The average Bonchev–Trinajstić information content (AvgIpc) is 2.76. The van der Waals surface area contributed by atoms with E-state index in [0.717, 1.165) is 38.1 Å². The molecule has 31 heavy (non-hydrogen) atoms. The molecule has 2 N–H and O–H groups in total. The van der Waals surface area contributed by atoms with Crippen LogP contribution in [0.1, 0.15) is 48.4 Å². The normalized spacial score (nSPS) is 18.2. The summed E-state index contributed by atoms with van der Waals surface area (Å²) in [4.78, 5) is 21.5. The van der Waals surface area contributed by atoms with Crippen molar-refractivity contribution in [1.29, 1.82) is 0 Å². The van der Waals surface area contributed by atoms with Gasteiger partial charge in [-0.1, -0.05) is 12.1 Å². The van der Waals surface area contributed by atoms with Gasteiger partial charge in [0.2, 0.25) is 0 Å². The van der Waals surface area contributed by atoms with Gasteiger partial charge < -0.3 is 10.6 Å². The van der Waals surface area contributed by atoms with Crippen LogP contribution in [0.3, 0.4) is 0 Å². The molecule has 1 aliphatic heterocycles. The lowest BCUT2D eigenvalue weighted by atomic mass is 9.92. The van der Waals surface area contributed by atoms with Gasteiger partial charge in [0, 0.05) is 31.1 Å². The predicted octanol–water partition coefficient (Wildman–Crippen LogP) is 3.99. The van der Waals surface area contributed by atoms with Gasteiger partial charge in [-0.2, -0.15) is 13.2 Å². The Balaban J connectivity index is 1.72. The third-order valence-electron chi connectivity index (χ3n) is 5.84. The van der Waals surface area contributed by atoms with E-state index >= 15 is 0 Å². The highest BCUT2D eigenvalue weighted by Crippen LogP contribution is 2.32. The van der Waals surface area contributed by atoms with Crippen LogP contribution >= 0.6 is 0 Å². The van der Waals surface area contributed by atoms with E-state index in [1.54, 1.807) is 20.0 Å². The molecule has 1 aliphatic rings. The van der Waals surface area contributed by atoms with Crippen molar-refractivity contribution in [2.45, 2.75) is 37.9 Å². The number of anilines is 1. The van der Waals surface area contributed by atoms with E-state index < -0.39 is 17.8 Å². The SMILES string of the molecule is C[C@@H](Nc1ncnc2c1cc([C@@H]1CCCNC1)c(=O)n2C)c1cccc(C(F)(F)F)c1. The zero-order chi connectivity index (χ0) is 22.2. The van der Waals surface area contributed by atoms with Crippen molar-refractivity contribution in [3.8, 4) is 0 Å². The zero-order valence-corrected chi connectivity index (χ0v) is 17.3. The minimum Gasteiger partial charge on any atom is -0.363 e. The maximum absolute atomic E-state index is 13.1. The lowest BCUT2D eigenvalue weighted by Gasteiger charge is -2.24. The molecule has 4 rings (SSSR count). The highest BCUT2D eigenvalue weighted by atomic mass is 19.4. The van der Waals surface area contributed by atoms with E-state index in [1.807, 2.05) is 6.07 Å². The van der Waals surface area contributed by atoms with E-state index in [-0.39, 0.29) is 11.5 Å². The van der Waals surface area contributed by atoms with Crippen molar-refractivity contribution in [1.82, 2.24) is 19.9 Å². The molecule has 9 heteroatoms. The highest BCUT2D eigenvalue weighted by Gasteiger charge is 2.30. The lowest BCUT2D eigenvalue weighted by molar-refractivity contribution is -0.137. The Kier molecular flexibility index (Phi) is 5.70. The van der Waals surface area contributed by atoms with Crippen molar-refractivity contribution in [3.05, 3.63) is 63.7 Å². The molecule has 0 saturated carbocycles. The quantitative estimate of drug-likeness (QED) is 0.654. The third kappa shape index (κ3) is 4.27. The number of aryl methyl sites for hydroxylation is 1. The first-order valence-corrected chi connectivity index (χ1v) is 10.2. The van der Waals surface area contributed by atoms with Gasteiger partial charge in [-0.15, -0.1) is 0 Å². The number of halogens is 3. The van der Waals surface area contributed by atoms with Crippen LogP contribution in [0.2, 0.25) is 0 Å². The number of benzene rings is 1. The molecular weight excluding hydrogens is 407 g/mol. The monoisotopic (exact) mass is 431 g/mol. The number of alkyl halides is 3. The molecule has 1 fully saturated rings. The average molecular weight is 431 g/mol. The van der Waals surface area contributed by atoms with E-state index in [9.17, 15) is 18.0 Å². The first kappa shape index (κ1) is 21.3. The van der Waals surface area contributed by atoms with Crippen LogP contribution < -0.4 is 16.2 Å². The van der Waals surface area contributed by atoms with Crippen molar-refractivity contribution in [2.24, 2.45) is 7.05 Å². The summed E-state index contributed by atoms with van der Waals surface area (Å²) in [7, 11) is 1.68. The van der Waals surface area contributed by atoms with Crippen molar-refractivity contribution in [3.63, 3.8) is 0 Å². The van der Waals surface area contributed by atoms with Crippen LogP contribution in [-0.2, 0) is 13.2 Å². The van der Waals surface area contributed by atoms with E-state index in [0.29, 0.717) is 28.0 Å². The number of hydrogen-bond acceptors (Lipinski definition) is 5. The largest absolute Gasteiger partial charge is 0.416 e.